The molecule has 0 saturated heterocycles. The van der Waals surface area contributed by atoms with Crippen LogP contribution < -0.4 is 0 Å². The van der Waals surface area contributed by atoms with Crippen molar-refractivity contribution in [2.75, 3.05) is 5.75 Å². The molecule has 0 spiro atoms. The number of carboxylic acids is 1. The SMILES string of the molecule is C#CCCCS(=O)(=O)c1cc(Br)cc(C(=O)O)c1F. The fourth-order valence-electron chi connectivity index (χ4n) is 1.42. The van der Waals surface area contributed by atoms with Gasteiger partial charge in [-0.3, -0.25) is 0 Å². The van der Waals surface area contributed by atoms with Gasteiger partial charge >= 0.3 is 5.97 Å². The van der Waals surface area contributed by atoms with E-state index in [-0.39, 0.29) is 23.1 Å². The molecule has 0 bridgehead atoms. The van der Waals surface area contributed by atoms with Crippen molar-refractivity contribution in [2.45, 2.75) is 17.7 Å². The summed E-state index contributed by atoms with van der Waals surface area (Å²) in [4.78, 5) is 10.2. The van der Waals surface area contributed by atoms with Crippen molar-refractivity contribution < 1.29 is 22.7 Å². The molecule has 0 saturated carbocycles. The Balaban J connectivity index is 3.27. The van der Waals surface area contributed by atoms with Gasteiger partial charge in [-0.05, 0) is 18.6 Å². The Morgan fingerprint density at radius 3 is 2.63 bits per heavy atom. The van der Waals surface area contributed by atoms with E-state index >= 15 is 0 Å². The standard InChI is InChI=1S/C12H10BrFO4S/c1-2-3-4-5-19(17,18)10-7-8(13)6-9(11(10)14)12(15)16/h1,6-7H,3-5H2,(H,15,16). The highest BCUT2D eigenvalue weighted by Crippen LogP contribution is 2.25. The first-order valence-electron chi connectivity index (χ1n) is 5.18. The summed E-state index contributed by atoms with van der Waals surface area (Å²) < 4.78 is 37.9. The van der Waals surface area contributed by atoms with E-state index in [1.54, 1.807) is 0 Å². The van der Waals surface area contributed by atoms with Gasteiger partial charge in [0, 0.05) is 10.9 Å². The minimum absolute atomic E-state index is 0.182. The number of hydrogen-bond donors (Lipinski definition) is 1. The summed E-state index contributed by atoms with van der Waals surface area (Å²) in [5.74, 6) is -0.826. The van der Waals surface area contributed by atoms with Crippen LogP contribution in [0.3, 0.4) is 0 Å². The van der Waals surface area contributed by atoms with Crippen molar-refractivity contribution in [3.05, 3.63) is 28.0 Å². The lowest BCUT2D eigenvalue weighted by Crippen LogP contribution is -2.12. The molecule has 1 aromatic carbocycles. The highest BCUT2D eigenvalue weighted by molar-refractivity contribution is 9.10. The fraction of sp³-hybridized carbons (Fsp3) is 0.250. The van der Waals surface area contributed by atoms with Crippen molar-refractivity contribution in [3.63, 3.8) is 0 Å². The largest absolute Gasteiger partial charge is 0.478 e. The maximum absolute atomic E-state index is 13.9. The van der Waals surface area contributed by atoms with Crippen molar-refractivity contribution in [1.29, 1.82) is 0 Å². The third-order valence-electron chi connectivity index (χ3n) is 2.30. The van der Waals surface area contributed by atoms with Crippen LogP contribution in [0.15, 0.2) is 21.5 Å². The molecule has 0 aliphatic carbocycles. The number of unbranched alkanes of at least 4 members (excludes halogenated alkanes) is 1. The van der Waals surface area contributed by atoms with Crippen LogP contribution in [0.4, 0.5) is 4.39 Å². The number of sulfone groups is 1. The van der Waals surface area contributed by atoms with E-state index < -0.39 is 32.1 Å². The van der Waals surface area contributed by atoms with Gasteiger partial charge in [-0.25, -0.2) is 17.6 Å². The maximum Gasteiger partial charge on any atom is 0.338 e. The van der Waals surface area contributed by atoms with E-state index in [2.05, 4.69) is 21.9 Å². The van der Waals surface area contributed by atoms with E-state index in [1.807, 2.05) is 0 Å². The Hall–Kier alpha value is -1.39. The molecule has 0 radical (unpaired) electrons. The topological polar surface area (TPSA) is 71.4 Å². The van der Waals surface area contributed by atoms with Gasteiger partial charge < -0.3 is 5.11 Å². The molecular formula is C12H10BrFO4S. The molecule has 0 fully saturated rings. The Morgan fingerprint density at radius 2 is 2.11 bits per heavy atom. The smallest absolute Gasteiger partial charge is 0.338 e. The van der Waals surface area contributed by atoms with Crippen molar-refractivity contribution in [3.8, 4) is 12.3 Å². The predicted molar refractivity (Wildman–Crippen MR) is 71.2 cm³/mol. The Kier molecular flexibility index (Phi) is 5.09. The number of aromatic carboxylic acids is 1. The fourth-order valence-corrected chi connectivity index (χ4v) is 3.46. The van der Waals surface area contributed by atoms with E-state index in [4.69, 9.17) is 11.5 Å². The lowest BCUT2D eigenvalue weighted by Gasteiger charge is -2.08. The van der Waals surface area contributed by atoms with Crippen molar-refractivity contribution in [2.24, 2.45) is 0 Å². The van der Waals surface area contributed by atoms with Crippen LogP contribution in [0.5, 0.6) is 0 Å². The van der Waals surface area contributed by atoms with E-state index in [1.165, 1.54) is 0 Å². The number of benzene rings is 1. The summed E-state index contributed by atoms with van der Waals surface area (Å²) in [7, 11) is -3.91. The Morgan fingerprint density at radius 1 is 1.47 bits per heavy atom. The summed E-state index contributed by atoms with van der Waals surface area (Å²) in [5.41, 5.74) is -0.690. The molecule has 19 heavy (non-hydrogen) atoms. The van der Waals surface area contributed by atoms with Crippen LogP contribution >= 0.6 is 15.9 Å². The van der Waals surface area contributed by atoms with Gasteiger partial charge in [0.2, 0.25) is 0 Å². The third-order valence-corrected chi connectivity index (χ3v) is 4.55. The normalized spacial score (nSPS) is 11.0. The van der Waals surface area contributed by atoms with Gasteiger partial charge in [-0.15, -0.1) is 12.3 Å². The van der Waals surface area contributed by atoms with E-state index in [9.17, 15) is 17.6 Å². The monoisotopic (exact) mass is 348 g/mol. The van der Waals surface area contributed by atoms with Crippen LogP contribution in [0, 0.1) is 18.2 Å². The molecule has 1 aromatic rings. The summed E-state index contributed by atoms with van der Waals surface area (Å²) in [6, 6.07) is 2.06. The first kappa shape index (κ1) is 15.7. The summed E-state index contributed by atoms with van der Waals surface area (Å²) in [5, 5.41) is 8.81. The molecule has 0 atom stereocenters. The van der Waals surface area contributed by atoms with Crippen molar-refractivity contribution in [1.82, 2.24) is 0 Å². The van der Waals surface area contributed by atoms with Crippen LogP contribution in [0.25, 0.3) is 0 Å². The zero-order valence-electron chi connectivity index (χ0n) is 9.69. The van der Waals surface area contributed by atoms with Crippen LogP contribution in [-0.2, 0) is 9.84 Å². The number of terminal acetylenes is 1. The molecule has 0 amide bonds. The first-order valence-corrected chi connectivity index (χ1v) is 7.62. The number of halogens is 2. The summed E-state index contributed by atoms with van der Waals surface area (Å²) in [6.45, 7) is 0. The number of rotatable bonds is 5. The molecule has 7 heteroatoms. The number of carboxylic acid groups (broad SMARTS) is 1. The second-order valence-electron chi connectivity index (χ2n) is 3.70. The van der Waals surface area contributed by atoms with Crippen LogP contribution in [0.1, 0.15) is 23.2 Å². The van der Waals surface area contributed by atoms with Crippen LogP contribution in [0.2, 0.25) is 0 Å². The van der Waals surface area contributed by atoms with Gasteiger partial charge in [-0.1, -0.05) is 15.9 Å². The summed E-state index contributed by atoms with van der Waals surface area (Å²) in [6.07, 6.45) is 5.45. The van der Waals surface area contributed by atoms with Gasteiger partial charge in [0.25, 0.3) is 0 Å². The average molecular weight is 349 g/mol. The molecule has 4 nitrogen and oxygen atoms in total. The lowest BCUT2D eigenvalue weighted by molar-refractivity contribution is 0.0691. The third kappa shape index (κ3) is 3.78. The average Bonchev–Trinajstić information content (AvgIpc) is 2.31. The molecule has 0 aromatic heterocycles. The molecule has 0 heterocycles. The first-order chi connectivity index (χ1) is 8.79. The minimum Gasteiger partial charge on any atom is -0.478 e. The van der Waals surface area contributed by atoms with Crippen molar-refractivity contribution >= 4 is 31.7 Å². The molecule has 0 aliphatic rings. The molecule has 1 rings (SSSR count). The van der Waals surface area contributed by atoms with Gasteiger partial charge in [0.1, 0.15) is 4.90 Å². The Bertz CT molecular complexity index is 646. The van der Waals surface area contributed by atoms with Gasteiger partial charge in [0.05, 0.1) is 11.3 Å². The van der Waals surface area contributed by atoms with Gasteiger partial charge in [-0.2, -0.15) is 0 Å². The zero-order valence-corrected chi connectivity index (χ0v) is 12.1. The zero-order chi connectivity index (χ0) is 14.6. The predicted octanol–water partition coefficient (Wildman–Crippen LogP) is 2.47. The quantitative estimate of drug-likeness (QED) is 0.655. The minimum atomic E-state index is -3.91. The molecule has 0 aliphatic heterocycles. The number of carbonyl (C=O) groups is 1. The Labute approximate surface area is 118 Å². The number of hydrogen-bond acceptors (Lipinski definition) is 3. The molecule has 0 unspecified atom stereocenters. The molecule has 1 N–H and O–H groups in total. The van der Waals surface area contributed by atoms with Gasteiger partial charge in [0.15, 0.2) is 15.7 Å². The van der Waals surface area contributed by atoms with Crippen LogP contribution in [-0.4, -0.2) is 25.2 Å². The molecule has 102 valence electrons. The van der Waals surface area contributed by atoms with E-state index in [0.29, 0.717) is 0 Å². The maximum atomic E-state index is 13.9. The highest BCUT2D eigenvalue weighted by atomic mass is 79.9. The summed E-state index contributed by atoms with van der Waals surface area (Å²) >= 11 is 2.96. The molecular weight excluding hydrogens is 339 g/mol. The lowest BCUT2D eigenvalue weighted by atomic mass is 10.2. The second kappa shape index (κ2) is 6.17. The second-order valence-corrected chi connectivity index (χ2v) is 6.69. The van der Waals surface area contributed by atoms with E-state index in [0.717, 1.165) is 12.1 Å². The highest BCUT2D eigenvalue weighted by Gasteiger charge is 2.24.